The maximum absolute atomic E-state index is 10.7. The van der Waals surface area contributed by atoms with Crippen LogP contribution in [0.4, 0.5) is 0 Å². The molecule has 0 aromatic heterocycles. The van der Waals surface area contributed by atoms with Gasteiger partial charge in [-0.15, -0.1) is 0 Å². The summed E-state index contributed by atoms with van der Waals surface area (Å²) in [6.07, 6.45) is 0. The van der Waals surface area contributed by atoms with Gasteiger partial charge in [-0.1, -0.05) is 18.9 Å². The van der Waals surface area contributed by atoms with E-state index < -0.39 is 5.97 Å². The normalized spacial score (nSPS) is 8.09. The van der Waals surface area contributed by atoms with E-state index in [1.54, 1.807) is 0 Å². The molecule has 0 fully saturated rings. The minimum atomic E-state index is -0.535. The van der Waals surface area contributed by atoms with E-state index in [-0.39, 0.29) is 12.4 Å². The summed E-state index contributed by atoms with van der Waals surface area (Å²) in [6.45, 7) is 7.84. The molecule has 0 saturated heterocycles. The van der Waals surface area contributed by atoms with E-state index in [4.69, 9.17) is 5.11 Å². The van der Waals surface area contributed by atoms with Crippen molar-refractivity contribution in [2.75, 3.05) is 6.61 Å². The first-order valence-corrected chi connectivity index (χ1v) is 2.98. The number of rotatable bonds is 3. The summed E-state index contributed by atoms with van der Waals surface area (Å²) in [5.74, 6) is -0.730. The summed E-state index contributed by atoms with van der Waals surface area (Å²) >= 11 is 0. The van der Waals surface area contributed by atoms with Gasteiger partial charge in [-0.05, 0) is 6.92 Å². The second kappa shape index (κ2) is 4.36. The van der Waals surface area contributed by atoms with Crippen LogP contribution in [-0.2, 0) is 9.53 Å². The molecule has 0 aliphatic carbocycles. The van der Waals surface area contributed by atoms with Gasteiger partial charge in [0.25, 0.3) is 0 Å². The Labute approximate surface area is 65.3 Å². The van der Waals surface area contributed by atoms with Crippen LogP contribution in [0.15, 0.2) is 30.2 Å². The van der Waals surface area contributed by atoms with Crippen LogP contribution in [0.2, 0.25) is 0 Å². The van der Waals surface area contributed by atoms with Crippen LogP contribution < -0.4 is 0 Å². The summed E-state index contributed by atoms with van der Waals surface area (Å²) in [4.78, 5) is 10.7. The van der Waals surface area contributed by atoms with E-state index in [0.717, 1.165) is 0 Å². The van der Waals surface area contributed by atoms with E-state index in [9.17, 15) is 4.79 Å². The smallest absolute Gasteiger partial charge is 0.333 e. The van der Waals surface area contributed by atoms with Gasteiger partial charge in [-0.3, -0.25) is 0 Å². The number of aliphatic hydroxyl groups is 1. The van der Waals surface area contributed by atoms with Gasteiger partial charge in [0.15, 0.2) is 12.4 Å². The van der Waals surface area contributed by atoms with Gasteiger partial charge in [0, 0.05) is 5.57 Å². The Bertz CT molecular complexity index is 221. The van der Waals surface area contributed by atoms with Crippen molar-refractivity contribution in [2.45, 2.75) is 6.92 Å². The molecule has 0 bridgehead atoms. The quantitative estimate of drug-likeness (QED) is 0.289. The van der Waals surface area contributed by atoms with Crippen LogP contribution in [0, 0.1) is 0 Å². The van der Waals surface area contributed by atoms with Gasteiger partial charge in [-0.2, -0.15) is 0 Å². The van der Waals surface area contributed by atoms with Crippen molar-refractivity contribution in [2.24, 2.45) is 0 Å². The molecular weight excluding hydrogens is 144 g/mol. The monoisotopic (exact) mass is 154 g/mol. The molecule has 0 unspecified atom stereocenters. The molecule has 0 aliphatic rings. The number of hydrogen-bond donors (Lipinski definition) is 1. The van der Waals surface area contributed by atoms with E-state index in [2.05, 4.69) is 23.6 Å². The Kier molecular flexibility index (Phi) is 3.78. The molecule has 1 N–H and O–H groups in total. The molecule has 0 rings (SSSR count). The van der Waals surface area contributed by atoms with Gasteiger partial charge < -0.3 is 9.84 Å². The van der Waals surface area contributed by atoms with E-state index >= 15 is 0 Å². The summed E-state index contributed by atoms with van der Waals surface area (Å²) in [5.41, 5.74) is 2.47. The maximum atomic E-state index is 10.7. The van der Waals surface area contributed by atoms with Crippen molar-refractivity contribution in [1.29, 1.82) is 0 Å². The zero-order chi connectivity index (χ0) is 8.85. The highest BCUT2D eigenvalue weighted by atomic mass is 16.5. The number of ether oxygens (including phenoxy) is 1. The van der Waals surface area contributed by atoms with Crippen molar-refractivity contribution < 1.29 is 14.6 Å². The van der Waals surface area contributed by atoms with Crippen molar-refractivity contribution in [1.82, 2.24) is 0 Å². The van der Waals surface area contributed by atoms with Gasteiger partial charge in [0.1, 0.15) is 0 Å². The van der Waals surface area contributed by atoms with Crippen LogP contribution in [0.1, 0.15) is 6.92 Å². The topological polar surface area (TPSA) is 46.5 Å². The third-order valence-electron chi connectivity index (χ3n) is 0.893. The second-order valence-corrected chi connectivity index (χ2v) is 1.98. The summed E-state index contributed by atoms with van der Waals surface area (Å²) in [7, 11) is 0. The van der Waals surface area contributed by atoms with Crippen molar-refractivity contribution in [3.8, 4) is 0 Å². The molecule has 0 aromatic rings. The van der Waals surface area contributed by atoms with E-state index in [1.165, 1.54) is 6.92 Å². The predicted molar refractivity (Wildman–Crippen MR) is 41.1 cm³/mol. The number of esters is 1. The lowest BCUT2D eigenvalue weighted by molar-refractivity contribution is -0.138. The Morgan fingerprint density at radius 3 is 2.64 bits per heavy atom. The third kappa shape index (κ3) is 4.00. The predicted octanol–water partition coefficient (Wildman–Crippen LogP) is 1.33. The van der Waals surface area contributed by atoms with E-state index in [0.29, 0.717) is 5.57 Å². The van der Waals surface area contributed by atoms with Crippen LogP contribution in [0.3, 0.4) is 0 Å². The first kappa shape index (κ1) is 9.53. The summed E-state index contributed by atoms with van der Waals surface area (Å²) in [5, 5.41) is 8.72. The van der Waals surface area contributed by atoms with Gasteiger partial charge in [-0.25, -0.2) is 4.79 Å². The maximum Gasteiger partial charge on any atom is 0.333 e. The fourth-order valence-corrected chi connectivity index (χ4v) is 0.308. The molecular formula is C8H10O3. The standard InChI is InChI=1S/C8H10O3/c1-4-7(9)5-11-8(10)6(2)3/h9H,1-2,5H2,3H3. The highest BCUT2D eigenvalue weighted by molar-refractivity contribution is 5.86. The number of aliphatic hydroxyl groups excluding tert-OH is 1. The van der Waals surface area contributed by atoms with E-state index in [1.807, 2.05) is 0 Å². The molecule has 0 saturated carbocycles. The highest BCUT2D eigenvalue weighted by Crippen LogP contribution is 1.94. The molecule has 11 heavy (non-hydrogen) atoms. The van der Waals surface area contributed by atoms with Gasteiger partial charge >= 0.3 is 5.97 Å². The Hall–Kier alpha value is -1.47. The van der Waals surface area contributed by atoms with Crippen LogP contribution in [-0.4, -0.2) is 17.7 Å². The molecule has 0 spiro atoms. The zero-order valence-corrected chi connectivity index (χ0v) is 6.39. The van der Waals surface area contributed by atoms with Gasteiger partial charge in [0.2, 0.25) is 0 Å². The largest absolute Gasteiger partial charge is 0.502 e. The Morgan fingerprint density at radius 2 is 2.27 bits per heavy atom. The number of hydrogen-bond acceptors (Lipinski definition) is 3. The van der Waals surface area contributed by atoms with Crippen LogP contribution in [0.25, 0.3) is 0 Å². The van der Waals surface area contributed by atoms with Gasteiger partial charge in [0.05, 0.1) is 0 Å². The zero-order valence-electron chi connectivity index (χ0n) is 6.39. The number of carbonyl (C=O) groups is 1. The summed E-state index contributed by atoms with van der Waals surface area (Å²) < 4.78 is 4.53. The van der Waals surface area contributed by atoms with Crippen molar-refractivity contribution in [3.63, 3.8) is 0 Å². The highest BCUT2D eigenvalue weighted by Gasteiger charge is 2.02. The molecule has 0 amide bonds. The molecule has 0 aromatic carbocycles. The molecule has 3 heteroatoms. The third-order valence-corrected chi connectivity index (χ3v) is 0.893. The van der Waals surface area contributed by atoms with Crippen molar-refractivity contribution in [3.05, 3.63) is 30.2 Å². The molecule has 0 atom stereocenters. The lowest BCUT2D eigenvalue weighted by atomic mass is 10.4. The molecule has 60 valence electrons. The fraction of sp³-hybridized carbons (Fsp3) is 0.250. The fourth-order valence-electron chi connectivity index (χ4n) is 0.308. The average Bonchev–Trinajstić information content (AvgIpc) is 1.99. The van der Waals surface area contributed by atoms with Crippen LogP contribution in [0.5, 0.6) is 0 Å². The van der Waals surface area contributed by atoms with Crippen LogP contribution >= 0.6 is 0 Å². The van der Waals surface area contributed by atoms with Crippen molar-refractivity contribution >= 4 is 5.97 Å². The average molecular weight is 154 g/mol. The minimum Gasteiger partial charge on any atom is -0.502 e. The first-order chi connectivity index (χ1) is 5.07. The molecule has 3 nitrogen and oxygen atoms in total. The lowest BCUT2D eigenvalue weighted by Crippen LogP contribution is -2.07. The Morgan fingerprint density at radius 1 is 1.73 bits per heavy atom. The number of carbonyl (C=O) groups excluding carboxylic acids is 1. The Balaban J connectivity index is 3.81. The summed E-state index contributed by atoms with van der Waals surface area (Å²) in [6, 6.07) is 0. The molecule has 0 radical (unpaired) electrons. The SMILES string of the molecule is C=C=C(O)COC(=O)C(=C)C. The lowest BCUT2D eigenvalue weighted by Gasteiger charge is -2.00. The second-order valence-electron chi connectivity index (χ2n) is 1.98. The minimum absolute atomic E-state index is 0.195. The molecule has 0 aliphatic heterocycles. The molecule has 0 heterocycles. The first-order valence-electron chi connectivity index (χ1n) is 2.98.